The molecule has 0 atom stereocenters. The third-order valence-electron chi connectivity index (χ3n) is 1.59. The minimum atomic E-state index is -3.38. The van der Waals surface area contributed by atoms with E-state index >= 15 is 0 Å². The molecule has 0 saturated carbocycles. The molecule has 84 valence electrons. The Morgan fingerprint density at radius 2 is 2.12 bits per heavy atom. The van der Waals surface area contributed by atoms with Gasteiger partial charge in [0, 0.05) is 0 Å². The monoisotopic (exact) mass is 232 g/mol. The molecule has 1 rings (SSSR count). The second-order valence-corrected chi connectivity index (χ2v) is 2.52. The molecule has 16 heavy (non-hydrogen) atoms. The fourth-order valence-corrected chi connectivity index (χ4v) is 1.01. The summed E-state index contributed by atoms with van der Waals surface area (Å²) in [6.45, 7) is -3.38. The fraction of sp³-hybridized carbons (Fsp3) is 0.125. The van der Waals surface area contributed by atoms with Gasteiger partial charge in [-0.2, -0.15) is 18.4 Å². The summed E-state index contributed by atoms with van der Waals surface area (Å²) in [5, 5.41) is 18.9. The van der Waals surface area contributed by atoms with Crippen LogP contribution in [0, 0.1) is 27.3 Å². The number of nitro benzene ring substituents is 1. The molecule has 0 aliphatic rings. The molecule has 0 amide bonds. The van der Waals surface area contributed by atoms with Crippen LogP contribution in [0.5, 0.6) is 5.75 Å². The van der Waals surface area contributed by atoms with Gasteiger partial charge in [-0.1, -0.05) is 0 Å². The average Bonchev–Trinajstić information content (AvgIpc) is 2.16. The summed E-state index contributed by atoms with van der Waals surface area (Å²) in [6.07, 6.45) is 0. The van der Waals surface area contributed by atoms with Gasteiger partial charge in [0.2, 0.25) is 11.6 Å². The fourth-order valence-electron chi connectivity index (χ4n) is 1.01. The molecule has 0 unspecified atom stereocenters. The number of nitriles is 1. The molecule has 1 aromatic carbocycles. The van der Waals surface area contributed by atoms with E-state index in [2.05, 4.69) is 4.74 Å². The molecule has 0 heterocycles. The van der Waals surface area contributed by atoms with Crippen LogP contribution in [0.15, 0.2) is 12.1 Å². The Balaban J connectivity index is 3.44. The number of alkyl halides is 2. The van der Waals surface area contributed by atoms with Crippen LogP contribution in [0.3, 0.4) is 0 Å². The van der Waals surface area contributed by atoms with Crippen LogP contribution < -0.4 is 4.74 Å². The summed E-state index contributed by atoms with van der Waals surface area (Å²) in [4.78, 5) is 9.20. The van der Waals surface area contributed by atoms with Gasteiger partial charge in [-0.05, 0) is 12.1 Å². The van der Waals surface area contributed by atoms with Crippen molar-refractivity contribution in [2.45, 2.75) is 6.61 Å². The lowest BCUT2D eigenvalue weighted by atomic mass is 10.2. The minimum Gasteiger partial charge on any atom is -0.426 e. The van der Waals surface area contributed by atoms with E-state index in [1.807, 2.05) is 0 Å². The smallest absolute Gasteiger partial charge is 0.387 e. The maximum atomic E-state index is 13.0. The zero-order valence-electron chi connectivity index (χ0n) is 7.49. The molecule has 0 radical (unpaired) electrons. The zero-order valence-corrected chi connectivity index (χ0v) is 7.49. The van der Waals surface area contributed by atoms with Gasteiger partial charge in [-0.25, -0.2) is 0 Å². The lowest BCUT2D eigenvalue weighted by molar-refractivity contribution is -0.389. The van der Waals surface area contributed by atoms with Gasteiger partial charge in [0.15, 0.2) is 0 Å². The Kier molecular flexibility index (Phi) is 3.30. The van der Waals surface area contributed by atoms with E-state index in [4.69, 9.17) is 5.26 Å². The van der Waals surface area contributed by atoms with E-state index in [9.17, 15) is 23.3 Å². The molecule has 5 nitrogen and oxygen atoms in total. The van der Waals surface area contributed by atoms with Crippen LogP contribution >= 0.6 is 0 Å². The van der Waals surface area contributed by atoms with Gasteiger partial charge in [0.1, 0.15) is 11.6 Å². The molecule has 0 bridgehead atoms. The summed E-state index contributed by atoms with van der Waals surface area (Å²) in [5.41, 5.74) is -1.81. The number of halogens is 3. The topological polar surface area (TPSA) is 76.2 Å². The summed E-state index contributed by atoms with van der Waals surface area (Å²) in [5.74, 6) is -2.41. The highest BCUT2D eigenvalue weighted by molar-refractivity contribution is 5.57. The first-order valence-electron chi connectivity index (χ1n) is 3.79. The SMILES string of the molecule is N#Cc1ccc(F)c([N+](=O)[O-])c1OC(F)F. The maximum absolute atomic E-state index is 13.0. The quantitative estimate of drug-likeness (QED) is 0.591. The molecule has 0 aliphatic heterocycles. The standard InChI is InChI=1S/C8H3F3N2O3/c9-5-2-1-4(3-12)7(16-8(10)11)6(5)13(14)15/h1-2,8H. The highest BCUT2D eigenvalue weighted by Crippen LogP contribution is 2.34. The third kappa shape index (κ3) is 2.20. The Morgan fingerprint density at radius 1 is 1.50 bits per heavy atom. The number of ether oxygens (including phenoxy) is 1. The summed E-state index contributed by atoms with van der Waals surface area (Å²) in [6, 6.07) is 2.85. The number of hydrogen-bond donors (Lipinski definition) is 0. The van der Waals surface area contributed by atoms with E-state index in [1.165, 1.54) is 6.07 Å². The number of nitro groups is 1. The molecular weight excluding hydrogens is 229 g/mol. The van der Waals surface area contributed by atoms with Crippen LogP contribution in [-0.2, 0) is 0 Å². The predicted molar refractivity (Wildman–Crippen MR) is 44.4 cm³/mol. The maximum Gasteiger partial charge on any atom is 0.387 e. The third-order valence-corrected chi connectivity index (χ3v) is 1.59. The van der Waals surface area contributed by atoms with Crippen molar-refractivity contribution in [3.8, 4) is 11.8 Å². The Labute approximate surface area is 86.8 Å². The van der Waals surface area contributed by atoms with Gasteiger partial charge in [-0.3, -0.25) is 10.1 Å². The molecule has 0 spiro atoms. The van der Waals surface area contributed by atoms with Crippen LogP contribution in [0.25, 0.3) is 0 Å². The van der Waals surface area contributed by atoms with Crippen LogP contribution in [0.2, 0.25) is 0 Å². The van der Waals surface area contributed by atoms with Crippen molar-refractivity contribution in [2.75, 3.05) is 0 Å². The largest absolute Gasteiger partial charge is 0.426 e. The highest BCUT2D eigenvalue weighted by Gasteiger charge is 2.27. The van der Waals surface area contributed by atoms with Crippen LogP contribution in [0.4, 0.5) is 18.9 Å². The Hall–Kier alpha value is -2.30. The van der Waals surface area contributed by atoms with Crippen molar-refractivity contribution in [1.82, 2.24) is 0 Å². The number of benzene rings is 1. The average molecular weight is 232 g/mol. The second-order valence-electron chi connectivity index (χ2n) is 2.52. The molecule has 0 aromatic heterocycles. The summed E-state index contributed by atoms with van der Waals surface area (Å²) < 4.78 is 40.6. The number of hydrogen-bond acceptors (Lipinski definition) is 4. The molecule has 0 saturated heterocycles. The number of rotatable bonds is 3. The molecular formula is C8H3F3N2O3. The molecule has 1 aromatic rings. The lowest BCUT2D eigenvalue weighted by Crippen LogP contribution is -2.07. The molecule has 8 heteroatoms. The van der Waals surface area contributed by atoms with Crippen LogP contribution in [0.1, 0.15) is 5.56 Å². The van der Waals surface area contributed by atoms with Gasteiger partial charge in [0.05, 0.1) is 4.92 Å². The first-order valence-corrected chi connectivity index (χ1v) is 3.79. The van der Waals surface area contributed by atoms with E-state index in [1.54, 1.807) is 0 Å². The molecule has 0 fully saturated rings. The zero-order chi connectivity index (χ0) is 12.3. The van der Waals surface area contributed by atoms with E-state index in [0.29, 0.717) is 6.07 Å². The molecule has 0 N–H and O–H groups in total. The van der Waals surface area contributed by atoms with Gasteiger partial charge >= 0.3 is 12.3 Å². The first-order chi connectivity index (χ1) is 7.47. The van der Waals surface area contributed by atoms with Gasteiger partial charge < -0.3 is 4.74 Å². The van der Waals surface area contributed by atoms with Crippen molar-refractivity contribution >= 4 is 5.69 Å². The summed E-state index contributed by atoms with van der Waals surface area (Å²) in [7, 11) is 0. The van der Waals surface area contributed by atoms with E-state index in [-0.39, 0.29) is 0 Å². The van der Waals surface area contributed by atoms with Gasteiger partial charge in [-0.15, -0.1) is 0 Å². The van der Waals surface area contributed by atoms with E-state index in [0.717, 1.165) is 6.07 Å². The van der Waals surface area contributed by atoms with Crippen molar-refractivity contribution < 1.29 is 22.8 Å². The number of nitrogens with zero attached hydrogens (tertiary/aromatic N) is 2. The summed E-state index contributed by atoms with van der Waals surface area (Å²) >= 11 is 0. The second kappa shape index (κ2) is 4.48. The normalized spacial score (nSPS) is 9.94. The highest BCUT2D eigenvalue weighted by atomic mass is 19.3. The predicted octanol–water partition coefficient (Wildman–Crippen LogP) is 2.21. The van der Waals surface area contributed by atoms with Crippen molar-refractivity contribution in [1.29, 1.82) is 5.26 Å². The lowest BCUT2D eigenvalue weighted by Gasteiger charge is -2.06. The van der Waals surface area contributed by atoms with Crippen molar-refractivity contribution in [3.63, 3.8) is 0 Å². The van der Waals surface area contributed by atoms with Crippen molar-refractivity contribution in [3.05, 3.63) is 33.6 Å². The Bertz CT molecular complexity index is 470. The Morgan fingerprint density at radius 3 is 2.56 bits per heavy atom. The molecule has 0 aliphatic carbocycles. The van der Waals surface area contributed by atoms with Crippen LogP contribution in [-0.4, -0.2) is 11.5 Å². The van der Waals surface area contributed by atoms with Gasteiger partial charge in [0.25, 0.3) is 0 Å². The first kappa shape index (κ1) is 11.8. The minimum absolute atomic E-state index is 0.534. The van der Waals surface area contributed by atoms with E-state index < -0.39 is 34.4 Å². The van der Waals surface area contributed by atoms with Crippen molar-refractivity contribution in [2.24, 2.45) is 0 Å².